The summed E-state index contributed by atoms with van der Waals surface area (Å²) < 4.78 is 6.73. The van der Waals surface area contributed by atoms with Gasteiger partial charge in [0.1, 0.15) is 17.6 Å². The third kappa shape index (κ3) is 3.25. The van der Waals surface area contributed by atoms with Gasteiger partial charge in [0.15, 0.2) is 0 Å². The summed E-state index contributed by atoms with van der Waals surface area (Å²) >= 11 is 9.49. The second kappa shape index (κ2) is 5.47. The molecule has 1 saturated carbocycles. The van der Waals surface area contributed by atoms with Gasteiger partial charge in [-0.2, -0.15) is 4.98 Å². The molecule has 0 bridgehead atoms. The van der Waals surface area contributed by atoms with Crippen LogP contribution in [-0.4, -0.2) is 9.97 Å². The van der Waals surface area contributed by atoms with Crippen LogP contribution in [0.3, 0.4) is 0 Å². The van der Waals surface area contributed by atoms with Crippen LogP contribution in [0.4, 0.5) is 0 Å². The first kappa shape index (κ1) is 12.9. The third-order valence-electron chi connectivity index (χ3n) is 2.96. The van der Waals surface area contributed by atoms with Crippen LogP contribution >= 0.6 is 27.5 Å². The van der Waals surface area contributed by atoms with Crippen molar-refractivity contribution in [3.8, 4) is 5.88 Å². The predicted molar refractivity (Wildman–Crippen MR) is 77.5 cm³/mol. The number of hydrogen-bond donors (Lipinski definition) is 0. The molecule has 5 heteroatoms. The summed E-state index contributed by atoms with van der Waals surface area (Å²) in [7, 11) is 0. The normalized spacial score (nSPS) is 14.4. The van der Waals surface area contributed by atoms with Crippen LogP contribution in [0.1, 0.15) is 30.1 Å². The van der Waals surface area contributed by atoms with E-state index in [9.17, 15) is 0 Å². The minimum absolute atomic E-state index is 0.444. The van der Waals surface area contributed by atoms with Crippen LogP contribution in [0, 0.1) is 0 Å². The van der Waals surface area contributed by atoms with Crippen molar-refractivity contribution in [2.75, 3.05) is 0 Å². The van der Waals surface area contributed by atoms with Crippen molar-refractivity contribution in [1.82, 2.24) is 9.97 Å². The lowest BCUT2D eigenvalue weighted by atomic mass is 10.2. The Morgan fingerprint density at radius 2 is 2.05 bits per heavy atom. The Kier molecular flexibility index (Phi) is 3.71. The van der Waals surface area contributed by atoms with Crippen molar-refractivity contribution >= 4 is 27.5 Å². The molecule has 2 aromatic rings. The summed E-state index contributed by atoms with van der Waals surface area (Å²) in [5.41, 5.74) is 1.07. The first-order valence-corrected chi connectivity index (χ1v) is 7.30. The highest BCUT2D eigenvalue weighted by atomic mass is 79.9. The maximum atomic E-state index is 5.99. The minimum Gasteiger partial charge on any atom is -0.473 e. The van der Waals surface area contributed by atoms with E-state index in [4.69, 9.17) is 16.3 Å². The highest BCUT2D eigenvalue weighted by molar-refractivity contribution is 9.10. The largest absolute Gasteiger partial charge is 0.473 e. The lowest BCUT2D eigenvalue weighted by Crippen LogP contribution is -2.01. The van der Waals surface area contributed by atoms with E-state index in [1.807, 2.05) is 24.3 Å². The molecule has 0 amide bonds. The van der Waals surface area contributed by atoms with Crippen molar-refractivity contribution in [1.29, 1.82) is 0 Å². The molecule has 0 N–H and O–H groups in total. The predicted octanol–water partition coefficient (Wildman–Crippen LogP) is 4.35. The van der Waals surface area contributed by atoms with Crippen LogP contribution in [-0.2, 0) is 6.61 Å². The number of nitrogens with zero attached hydrogens (tertiary/aromatic N) is 2. The fourth-order valence-corrected chi connectivity index (χ4v) is 2.36. The Hall–Kier alpha value is -1.13. The van der Waals surface area contributed by atoms with Gasteiger partial charge >= 0.3 is 0 Å². The number of halogens is 2. The molecule has 0 radical (unpaired) electrons. The van der Waals surface area contributed by atoms with Gasteiger partial charge in [-0.25, -0.2) is 4.98 Å². The fraction of sp³-hybridized carbons (Fsp3) is 0.286. The average molecular weight is 340 g/mol. The van der Waals surface area contributed by atoms with Gasteiger partial charge in [-0.1, -0.05) is 45.7 Å². The molecule has 0 saturated heterocycles. The highest BCUT2D eigenvalue weighted by Crippen LogP contribution is 2.39. The van der Waals surface area contributed by atoms with Gasteiger partial charge in [-0.15, -0.1) is 0 Å². The van der Waals surface area contributed by atoms with E-state index in [1.165, 1.54) is 0 Å². The molecule has 0 aliphatic heterocycles. The molecule has 1 aliphatic carbocycles. The fourth-order valence-electron chi connectivity index (χ4n) is 1.78. The summed E-state index contributed by atoms with van der Waals surface area (Å²) in [6, 6.07) is 9.60. The molecule has 3 rings (SSSR count). The van der Waals surface area contributed by atoms with Gasteiger partial charge in [-0.3, -0.25) is 0 Å². The molecular weight excluding hydrogens is 328 g/mol. The van der Waals surface area contributed by atoms with E-state index in [2.05, 4.69) is 25.9 Å². The molecule has 0 unspecified atom stereocenters. The first-order valence-electron chi connectivity index (χ1n) is 6.13. The summed E-state index contributed by atoms with van der Waals surface area (Å²) in [5, 5.41) is 0.444. The zero-order valence-electron chi connectivity index (χ0n) is 10.1. The summed E-state index contributed by atoms with van der Waals surface area (Å²) in [6.45, 7) is 0.457. The van der Waals surface area contributed by atoms with E-state index in [1.54, 1.807) is 6.07 Å². The topological polar surface area (TPSA) is 35.0 Å². The number of hydrogen-bond acceptors (Lipinski definition) is 3. The molecule has 1 aliphatic rings. The number of rotatable bonds is 4. The number of aromatic nitrogens is 2. The van der Waals surface area contributed by atoms with E-state index in [-0.39, 0.29) is 0 Å². The highest BCUT2D eigenvalue weighted by Gasteiger charge is 2.27. The zero-order valence-corrected chi connectivity index (χ0v) is 12.5. The lowest BCUT2D eigenvalue weighted by molar-refractivity contribution is 0.291. The Balaban J connectivity index is 1.74. The van der Waals surface area contributed by atoms with Gasteiger partial charge in [0, 0.05) is 22.0 Å². The Bertz CT molecular complexity index is 602. The summed E-state index contributed by atoms with van der Waals surface area (Å²) in [5.74, 6) is 1.80. The van der Waals surface area contributed by atoms with Gasteiger partial charge in [0.2, 0.25) is 5.88 Å². The van der Waals surface area contributed by atoms with Crippen LogP contribution in [0.25, 0.3) is 0 Å². The molecule has 0 spiro atoms. The molecule has 1 aromatic heterocycles. The first-order chi connectivity index (χ1) is 9.22. The molecular formula is C14H12BrClN2O. The molecule has 0 atom stereocenters. The molecule has 19 heavy (non-hydrogen) atoms. The van der Waals surface area contributed by atoms with Crippen LogP contribution in [0.2, 0.25) is 5.15 Å². The SMILES string of the molecule is Clc1cc(OCc2ccccc2Br)nc(C2CC2)n1. The van der Waals surface area contributed by atoms with Crippen molar-refractivity contribution in [2.45, 2.75) is 25.4 Å². The van der Waals surface area contributed by atoms with Crippen molar-refractivity contribution in [3.05, 3.63) is 51.3 Å². The molecule has 1 fully saturated rings. The lowest BCUT2D eigenvalue weighted by Gasteiger charge is -2.08. The van der Waals surface area contributed by atoms with E-state index >= 15 is 0 Å². The van der Waals surface area contributed by atoms with Gasteiger partial charge in [-0.05, 0) is 18.9 Å². The van der Waals surface area contributed by atoms with Crippen molar-refractivity contribution in [2.24, 2.45) is 0 Å². The Morgan fingerprint density at radius 1 is 1.26 bits per heavy atom. The van der Waals surface area contributed by atoms with E-state index < -0.39 is 0 Å². The zero-order chi connectivity index (χ0) is 13.2. The maximum absolute atomic E-state index is 5.99. The molecule has 3 nitrogen and oxygen atoms in total. The van der Waals surface area contributed by atoms with Gasteiger partial charge in [0.05, 0.1) is 0 Å². The summed E-state index contributed by atoms with van der Waals surface area (Å²) in [6.07, 6.45) is 2.29. The Morgan fingerprint density at radius 3 is 2.79 bits per heavy atom. The molecule has 1 heterocycles. The van der Waals surface area contributed by atoms with Crippen molar-refractivity contribution in [3.63, 3.8) is 0 Å². The van der Waals surface area contributed by atoms with Crippen molar-refractivity contribution < 1.29 is 4.74 Å². The van der Waals surface area contributed by atoms with E-state index in [0.717, 1.165) is 28.7 Å². The van der Waals surface area contributed by atoms with Crippen LogP contribution in [0.15, 0.2) is 34.8 Å². The average Bonchev–Trinajstić information content (AvgIpc) is 3.21. The monoisotopic (exact) mass is 338 g/mol. The summed E-state index contributed by atoms with van der Waals surface area (Å²) in [4.78, 5) is 8.64. The third-order valence-corrected chi connectivity index (χ3v) is 3.93. The minimum atomic E-state index is 0.444. The van der Waals surface area contributed by atoms with Crippen LogP contribution < -0.4 is 4.74 Å². The smallest absolute Gasteiger partial charge is 0.218 e. The van der Waals surface area contributed by atoms with Gasteiger partial charge in [0.25, 0.3) is 0 Å². The van der Waals surface area contributed by atoms with Gasteiger partial charge < -0.3 is 4.74 Å². The second-order valence-electron chi connectivity index (χ2n) is 4.54. The molecule has 1 aromatic carbocycles. The van der Waals surface area contributed by atoms with Crippen LogP contribution in [0.5, 0.6) is 5.88 Å². The number of ether oxygens (including phenoxy) is 1. The second-order valence-corrected chi connectivity index (χ2v) is 5.78. The Labute approximate surface area is 125 Å². The standard InChI is InChI=1S/C14H12BrClN2O/c15-11-4-2-1-3-10(11)8-19-13-7-12(16)17-14(18-13)9-5-6-9/h1-4,7,9H,5-6,8H2. The maximum Gasteiger partial charge on any atom is 0.218 e. The van der Waals surface area contributed by atoms with E-state index in [0.29, 0.717) is 23.6 Å². The quantitative estimate of drug-likeness (QED) is 0.777. The molecule has 98 valence electrons. The number of benzene rings is 1.